The minimum Gasteiger partial charge on any atom is -0.482 e. The molecule has 0 heterocycles. The molecular weight excluding hydrogens is 428 g/mol. The van der Waals surface area contributed by atoms with Crippen LogP contribution in [0.25, 0.3) is 0 Å². The van der Waals surface area contributed by atoms with Crippen molar-refractivity contribution in [3.8, 4) is 11.8 Å². The summed E-state index contributed by atoms with van der Waals surface area (Å²) >= 11 is 3.28. The number of nitriles is 1. The molecule has 2 aromatic carbocycles. The lowest BCUT2D eigenvalue weighted by Crippen LogP contribution is -2.44. The topological polar surface area (TPSA) is 120 Å². The molecule has 2 aromatic rings. The third-order valence-corrected chi connectivity index (χ3v) is 3.98. The zero-order valence-corrected chi connectivity index (χ0v) is 16.3. The molecule has 28 heavy (non-hydrogen) atoms. The minimum atomic E-state index is -0.583. The van der Waals surface area contributed by atoms with Crippen LogP contribution in [0.2, 0.25) is 0 Å². The summed E-state index contributed by atoms with van der Waals surface area (Å²) in [6.07, 6.45) is -0.0132. The Kier molecular flexibility index (Phi) is 7.99. The van der Waals surface area contributed by atoms with E-state index in [9.17, 15) is 14.4 Å². The van der Waals surface area contributed by atoms with E-state index in [1.807, 2.05) is 6.07 Å². The van der Waals surface area contributed by atoms with Crippen LogP contribution in [0.4, 0.5) is 0 Å². The molecular formula is C19H17BrN4O4. The number of nitrogens with one attached hydrogen (secondary N) is 3. The summed E-state index contributed by atoms with van der Waals surface area (Å²) in [6, 6.07) is 15.3. The van der Waals surface area contributed by atoms with Crippen LogP contribution in [0.15, 0.2) is 53.0 Å². The number of hydrogen-bond acceptors (Lipinski definition) is 5. The smallest absolute Gasteiger partial charge is 0.276 e. The van der Waals surface area contributed by atoms with E-state index in [1.165, 1.54) is 0 Å². The monoisotopic (exact) mass is 444 g/mol. The van der Waals surface area contributed by atoms with Gasteiger partial charge in [-0.05, 0) is 36.4 Å². The van der Waals surface area contributed by atoms with Gasteiger partial charge in [0.15, 0.2) is 6.61 Å². The Hall–Kier alpha value is -3.38. The molecule has 0 saturated carbocycles. The molecule has 3 N–H and O–H groups in total. The number of carbonyl (C=O) groups is 3. The van der Waals surface area contributed by atoms with Crippen LogP contribution >= 0.6 is 15.9 Å². The lowest BCUT2D eigenvalue weighted by molar-refractivity contribution is -0.129. The van der Waals surface area contributed by atoms with Gasteiger partial charge in [0.25, 0.3) is 11.8 Å². The molecule has 9 heteroatoms. The highest BCUT2D eigenvalue weighted by Crippen LogP contribution is 2.16. The first-order valence-corrected chi connectivity index (χ1v) is 9.02. The van der Waals surface area contributed by atoms with Crippen LogP contribution in [0, 0.1) is 11.3 Å². The number of amides is 3. The zero-order valence-electron chi connectivity index (χ0n) is 14.7. The molecule has 3 amide bonds. The van der Waals surface area contributed by atoms with Crippen LogP contribution in [0.5, 0.6) is 5.75 Å². The van der Waals surface area contributed by atoms with E-state index in [4.69, 9.17) is 10.00 Å². The maximum Gasteiger partial charge on any atom is 0.276 e. The molecule has 0 aliphatic rings. The van der Waals surface area contributed by atoms with Gasteiger partial charge in [-0.1, -0.05) is 28.1 Å². The predicted molar refractivity (Wildman–Crippen MR) is 104 cm³/mol. The molecule has 144 valence electrons. The van der Waals surface area contributed by atoms with Crippen molar-refractivity contribution in [1.82, 2.24) is 16.2 Å². The van der Waals surface area contributed by atoms with Crippen molar-refractivity contribution in [1.29, 1.82) is 5.26 Å². The largest absolute Gasteiger partial charge is 0.482 e. The summed E-state index contributed by atoms with van der Waals surface area (Å²) in [7, 11) is 0. The quantitative estimate of drug-likeness (QED) is 0.560. The van der Waals surface area contributed by atoms with Gasteiger partial charge in [-0.2, -0.15) is 5.26 Å². The second-order valence-electron chi connectivity index (χ2n) is 5.51. The number of halogens is 1. The van der Waals surface area contributed by atoms with Crippen molar-refractivity contribution in [2.24, 2.45) is 0 Å². The third kappa shape index (κ3) is 6.74. The van der Waals surface area contributed by atoms with Crippen molar-refractivity contribution >= 4 is 33.7 Å². The predicted octanol–water partition coefficient (Wildman–Crippen LogP) is 1.67. The molecule has 0 fully saturated rings. The van der Waals surface area contributed by atoms with E-state index in [1.54, 1.807) is 48.5 Å². The van der Waals surface area contributed by atoms with E-state index >= 15 is 0 Å². The summed E-state index contributed by atoms with van der Waals surface area (Å²) in [5.74, 6) is -1.07. The summed E-state index contributed by atoms with van der Waals surface area (Å²) < 4.78 is 6.11. The number of ether oxygens (including phenoxy) is 1. The van der Waals surface area contributed by atoms with Crippen molar-refractivity contribution in [2.45, 2.75) is 6.42 Å². The summed E-state index contributed by atoms with van der Waals surface area (Å²) in [5.41, 5.74) is 5.21. The van der Waals surface area contributed by atoms with Gasteiger partial charge in [-0.3, -0.25) is 25.2 Å². The molecule has 0 aliphatic carbocycles. The first-order chi connectivity index (χ1) is 13.5. The molecule has 0 aromatic heterocycles. The maximum absolute atomic E-state index is 11.9. The summed E-state index contributed by atoms with van der Waals surface area (Å²) in [6.45, 7) is -0.248. The highest BCUT2D eigenvalue weighted by Gasteiger charge is 2.09. The van der Waals surface area contributed by atoms with E-state index in [2.05, 4.69) is 32.1 Å². The average molecular weight is 445 g/mol. The highest BCUT2D eigenvalue weighted by molar-refractivity contribution is 9.10. The molecule has 0 unspecified atom stereocenters. The van der Waals surface area contributed by atoms with E-state index in [-0.39, 0.29) is 31.2 Å². The van der Waals surface area contributed by atoms with Crippen molar-refractivity contribution in [2.75, 3.05) is 13.2 Å². The maximum atomic E-state index is 11.9. The second kappa shape index (κ2) is 10.7. The zero-order chi connectivity index (χ0) is 20.4. The van der Waals surface area contributed by atoms with Gasteiger partial charge in [0.1, 0.15) is 11.8 Å². The SMILES string of the molecule is N#Cc1ccccc1OCC(=O)NNC(=O)CCNC(=O)c1ccc(Br)cc1. The highest BCUT2D eigenvalue weighted by atomic mass is 79.9. The standard InChI is InChI=1S/C19H17BrN4O4/c20-15-7-5-13(6-8-15)19(27)22-10-9-17(25)23-24-18(26)12-28-16-4-2-1-3-14(16)11-21/h1-8H,9-10,12H2,(H,22,27)(H,23,25)(H,24,26). The van der Waals surface area contributed by atoms with Gasteiger partial charge in [-0.25, -0.2) is 0 Å². The lowest BCUT2D eigenvalue weighted by atomic mass is 10.2. The molecule has 0 aliphatic heterocycles. The molecule has 0 bridgehead atoms. The molecule has 0 atom stereocenters. The summed E-state index contributed by atoms with van der Waals surface area (Å²) in [5, 5.41) is 11.6. The van der Waals surface area contributed by atoms with Gasteiger partial charge in [0.05, 0.1) is 5.56 Å². The van der Waals surface area contributed by atoms with Crippen molar-refractivity contribution < 1.29 is 19.1 Å². The lowest BCUT2D eigenvalue weighted by Gasteiger charge is -2.10. The van der Waals surface area contributed by atoms with Crippen LogP contribution in [-0.2, 0) is 9.59 Å². The Morgan fingerprint density at radius 3 is 2.39 bits per heavy atom. The Labute approximate surface area is 170 Å². The first-order valence-electron chi connectivity index (χ1n) is 8.23. The first kappa shape index (κ1) is 20.9. The van der Waals surface area contributed by atoms with Gasteiger partial charge in [-0.15, -0.1) is 0 Å². The molecule has 0 saturated heterocycles. The van der Waals surface area contributed by atoms with Crippen molar-refractivity contribution in [3.63, 3.8) is 0 Å². The number of nitrogens with zero attached hydrogens (tertiary/aromatic N) is 1. The van der Waals surface area contributed by atoms with E-state index in [0.29, 0.717) is 11.1 Å². The Morgan fingerprint density at radius 1 is 1.00 bits per heavy atom. The fourth-order valence-corrected chi connectivity index (χ4v) is 2.32. The van der Waals surface area contributed by atoms with Crippen molar-refractivity contribution in [3.05, 3.63) is 64.1 Å². The van der Waals surface area contributed by atoms with Crippen LogP contribution in [0.1, 0.15) is 22.3 Å². The van der Waals surface area contributed by atoms with Gasteiger partial charge >= 0.3 is 0 Å². The fraction of sp³-hybridized carbons (Fsp3) is 0.158. The number of para-hydroxylation sites is 1. The third-order valence-electron chi connectivity index (χ3n) is 3.45. The normalized spacial score (nSPS) is 9.71. The Bertz CT molecular complexity index is 894. The minimum absolute atomic E-state index is 0.0132. The number of rotatable bonds is 7. The fourth-order valence-electron chi connectivity index (χ4n) is 2.06. The van der Waals surface area contributed by atoms with E-state index in [0.717, 1.165) is 4.47 Å². The summed E-state index contributed by atoms with van der Waals surface area (Å²) in [4.78, 5) is 35.3. The number of hydrogen-bond donors (Lipinski definition) is 3. The Morgan fingerprint density at radius 2 is 1.68 bits per heavy atom. The number of benzene rings is 2. The number of hydrazine groups is 1. The van der Waals surface area contributed by atoms with E-state index < -0.39 is 11.8 Å². The van der Waals surface area contributed by atoms with Gasteiger partial charge in [0, 0.05) is 23.0 Å². The molecule has 0 spiro atoms. The Balaban J connectivity index is 1.65. The molecule has 8 nitrogen and oxygen atoms in total. The average Bonchev–Trinajstić information content (AvgIpc) is 2.71. The van der Waals surface area contributed by atoms with Crippen LogP contribution in [-0.4, -0.2) is 30.9 Å². The molecule has 2 rings (SSSR count). The number of carbonyl (C=O) groups excluding carboxylic acids is 3. The van der Waals surface area contributed by atoms with Gasteiger partial charge < -0.3 is 10.1 Å². The van der Waals surface area contributed by atoms with Gasteiger partial charge in [0.2, 0.25) is 5.91 Å². The van der Waals surface area contributed by atoms with Crippen LogP contribution < -0.4 is 20.9 Å². The molecule has 0 radical (unpaired) electrons. The second-order valence-corrected chi connectivity index (χ2v) is 6.42. The van der Waals surface area contributed by atoms with Crippen LogP contribution in [0.3, 0.4) is 0 Å².